The second kappa shape index (κ2) is 12.6. The van der Waals surface area contributed by atoms with Gasteiger partial charge in [-0.3, -0.25) is 0 Å². The normalized spacial score (nSPS) is 15.1. The lowest BCUT2D eigenvalue weighted by Crippen LogP contribution is -2.26. The van der Waals surface area contributed by atoms with E-state index in [9.17, 15) is 0 Å². The molecular formula is C57H41NS. The highest BCUT2D eigenvalue weighted by molar-refractivity contribution is 7.26. The van der Waals surface area contributed by atoms with Gasteiger partial charge < -0.3 is 4.90 Å². The van der Waals surface area contributed by atoms with E-state index in [1.807, 2.05) is 11.3 Å². The number of anilines is 3. The zero-order valence-electron chi connectivity index (χ0n) is 33.3. The molecule has 2 heteroatoms. The predicted octanol–water partition coefficient (Wildman–Crippen LogP) is 16.0. The first-order valence-electron chi connectivity index (χ1n) is 20.7. The molecule has 2 aliphatic rings. The summed E-state index contributed by atoms with van der Waals surface area (Å²) in [6, 6.07) is 73.0. The predicted molar refractivity (Wildman–Crippen MR) is 252 cm³/mol. The molecule has 1 spiro atoms. The van der Waals surface area contributed by atoms with Crippen LogP contribution in [0, 0.1) is 0 Å². The number of fused-ring (bicyclic) bond motifs is 14. The topological polar surface area (TPSA) is 3.24 Å². The lowest BCUT2D eigenvalue weighted by atomic mass is 9.70. The number of nitrogens with zero attached hydrogens (tertiary/aromatic N) is 1. The fraction of sp³-hybridized carbons (Fsp3) is 0.0877. The summed E-state index contributed by atoms with van der Waals surface area (Å²) < 4.78 is 2.59. The minimum absolute atomic E-state index is 0.0495. The van der Waals surface area contributed by atoms with Crippen molar-refractivity contribution in [1.29, 1.82) is 0 Å². The summed E-state index contributed by atoms with van der Waals surface area (Å²) in [6.07, 6.45) is 0. The molecule has 9 aromatic carbocycles. The van der Waals surface area contributed by atoms with Crippen molar-refractivity contribution in [3.63, 3.8) is 0 Å². The summed E-state index contributed by atoms with van der Waals surface area (Å²) in [5.74, 6) is 0. The van der Waals surface area contributed by atoms with Crippen LogP contribution in [-0.2, 0) is 10.8 Å². The highest BCUT2D eigenvalue weighted by Gasteiger charge is 2.51. The van der Waals surface area contributed by atoms with Crippen LogP contribution in [0.15, 0.2) is 194 Å². The third-order valence-electron chi connectivity index (χ3n) is 13.0. The number of rotatable bonds is 4. The number of hydrogen-bond acceptors (Lipinski definition) is 2. The second-order valence-electron chi connectivity index (χ2n) is 17.2. The SMILES string of the molecule is CC(C)(C)c1ccc2c(c1)-c1ccccc1C21c2ccccc2-c2cc(N(c3ccc(-c4cccc5ccccc45)cc3)c3cccc4c3sc3ccccc34)ccc21. The Morgan fingerprint density at radius 3 is 1.75 bits per heavy atom. The lowest BCUT2D eigenvalue weighted by Gasteiger charge is -2.31. The molecule has 0 saturated heterocycles. The molecule has 1 heterocycles. The van der Waals surface area contributed by atoms with Crippen molar-refractivity contribution < 1.29 is 0 Å². The molecule has 1 aromatic heterocycles. The minimum atomic E-state index is -0.400. The molecule has 1 atom stereocenters. The van der Waals surface area contributed by atoms with Gasteiger partial charge in [-0.1, -0.05) is 178 Å². The standard InChI is InChI=1S/C57H41NS/c1-56(2,3)38-28-32-51-47(34-38)43-17-6-9-22-49(43)57(51)50-23-10-7-18-44(50)48-35-40(31-33-52(48)57)58(53-24-13-21-46-45-19-8-11-25-54(45)59-55(46)53)39-29-26-37(27-30-39)42-20-12-15-36-14-4-5-16-41(36)42/h4-35H,1-3H3. The van der Waals surface area contributed by atoms with Crippen molar-refractivity contribution in [1.82, 2.24) is 0 Å². The third kappa shape index (κ3) is 4.90. The molecule has 0 saturated carbocycles. The highest BCUT2D eigenvalue weighted by Crippen LogP contribution is 2.63. The Hall–Kier alpha value is -6.74. The maximum Gasteiger partial charge on any atom is 0.0725 e. The van der Waals surface area contributed by atoms with E-state index < -0.39 is 5.41 Å². The molecule has 0 aliphatic heterocycles. The molecule has 2 aliphatic carbocycles. The Morgan fingerprint density at radius 1 is 0.424 bits per heavy atom. The molecule has 10 aromatic rings. The van der Waals surface area contributed by atoms with E-state index in [1.54, 1.807) is 0 Å². The van der Waals surface area contributed by atoms with Gasteiger partial charge >= 0.3 is 0 Å². The molecule has 0 N–H and O–H groups in total. The highest BCUT2D eigenvalue weighted by atomic mass is 32.1. The fourth-order valence-electron chi connectivity index (χ4n) is 10.3. The summed E-state index contributed by atoms with van der Waals surface area (Å²) >= 11 is 1.88. The first kappa shape index (κ1) is 34.3. The van der Waals surface area contributed by atoms with Gasteiger partial charge in [0.05, 0.1) is 15.8 Å². The molecule has 0 radical (unpaired) electrons. The Bertz CT molecular complexity index is 3320. The summed E-state index contributed by atoms with van der Waals surface area (Å²) in [4.78, 5) is 2.49. The van der Waals surface area contributed by atoms with Gasteiger partial charge in [-0.2, -0.15) is 0 Å². The van der Waals surface area contributed by atoms with Crippen LogP contribution in [0.2, 0.25) is 0 Å². The van der Waals surface area contributed by atoms with E-state index >= 15 is 0 Å². The smallest absolute Gasteiger partial charge is 0.0725 e. The first-order valence-corrected chi connectivity index (χ1v) is 21.5. The van der Waals surface area contributed by atoms with Crippen molar-refractivity contribution in [2.75, 3.05) is 4.90 Å². The average molecular weight is 772 g/mol. The summed E-state index contributed by atoms with van der Waals surface area (Å²) in [6.45, 7) is 6.94. The minimum Gasteiger partial charge on any atom is -0.309 e. The van der Waals surface area contributed by atoms with Crippen molar-refractivity contribution in [3.8, 4) is 33.4 Å². The van der Waals surface area contributed by atoms with Crippen LogP contribution >= 0.6 is 11.3 Å². The van der Waals surface area contributed by atoms with E-state index in [2.05, 4.69) is 220 Å². The Balaban J connectivity index is 1.09. The van der Waals surface area contributed by atoms with Gasteiger partial charge in [0.2, 0.25) is 0 Å². The molecule has 0 bridgehead atoms. The van der Waals surface area contributed by atoms with E-state index in [1.165, 1.54) is 97.8 Å². The van der Waals surface area contributed by atoms with Gasteiger partial charge in [0.15, 0.2) is 0 Å². The van der Waals surface area contributed by atoms with Gasteiger partial charge in [-0.15, -0.1) is 11.3 Å². The zero-order chi connectivity index (χ0) is 39.5. The van der Waals surface area contributed by atoms with Gasteiger partial charge in [-0.25, -0.2) is 0 Å². The largest absolute Gasteiger partial charge is 0.309 e. The van der Waals surface area contributed by atoms with Crippen LogP contribution in [0.4, 0.5) is 17.1 Å². The molecule has 1 nitrogen and oxygen atoms in total. The second-order valence-corrected chi connectivity index (χ2v) is 18.3. The Morgan fingerprint density at radius 2 is 0.983 bits per heavy atom. The van der Waals surface area contributed by atoms with Crippen LogP contribution in [0.3, 0.4) is 0 Å². The summed E-state index contributed by atoms with van der Waals surface area (Å²) in [7, 11) is 0. The van der Waals surface area contributed by atoms with Crippen molar-refractivity contribution in [2.24, 2.45) is 0 Å². The van der Waals surface area contributed by atoms with E-state index in [0.29, 0.717) is 0 Å². The third-order valence-corrected chi connectivity index (χ3v) is 14.3. The van der Waals surface area contributed by atoms with Crippen LogP contribution < -0.4 is 4.90 Å². The molecule has 280 valence electrons. The van der Waals surface area contributed by atoms with Crippen molar-refractivity contribution in [3.05, 3.63) is 222 Å². The Kier molecular flexibility index (Phi) is 7.34. The van der Waals surface area contributed by atoms with Gasteiger partial charge in [0.1, 0.15) is 0 Å². The number of benzene rings is 9. The molecule has 0 amide bonds. The van der Waals surface area contributed by atoms with E-state index in [4.69, 9.17) is 0 Å². The van der Waals surface area contributed by atoms with E-state index in [0.717, 1.165) is 11.4 Å². The number of thiophene rings is 1. The monoisotopic (exact) mass is 771 g/mol. The van der Waals surface area contributed by atoms with Gasteiger partial charge in [-0.05, 0) is 114 Å². The molecular weight excluding hydrogens is 731 g/mol. The van der Waals surface area contributed by atoms with Crippen LogP contribution in [-0.4, -0.2) is 0 Å². The Labute approximate surface area is 349 Å². The molecule has 59 heavy (non-hydrogen) atoms. The molecule has 0 fully saturated rings. The summed E-state index contributed by atoms with van der Waals surface area (Å²) in [5, 5.41) is 5.12. The average Bonchev–Trinajstić information content (AvgIpc) is 3.90. The quantitative estimate of drug-likeness (QED) is 0.172. The van der Waals surface area contributed by atoms with Crippen molar-refractivity contribution >= 4 is 59.3 Å². The van der Waals surface area contributed by atoms with Crippen LogP contribution in [0.5, 0.6) is 0 Å². The molecule has 12 rings (SSSR count). The van der Waals surface area contributed by atoms with E-state index in [-0.39, 0.29) is 5.41 Å². The summed E-state index contributed by atoms with van der Waals surface area (Å²) in [5.41, 5.74) is 17.7. The van der Waals surface area contributed by atoms with Gasteiger partial charge in [0, 0.05) is 26.8 Å². The lowest BCUT2D eigenvalue weighted by molar-refractivity contribution is 0.590. The fourth-order valence-corrected chi connectivity index (χ4v) is 11.6. The zero-order valence-corrected chi connectivity index (χ0v) is 34.1. The first-order chi connectivity index (χ1) is 28.9. The maximum absolute atomic E-state index is 2.49. The van der Waals surface area contributed by atoms with Crippen LogP contribution in [0.25, 0.3) is 64.3 Å². The number of hydrogen-bond donors (Lipinski definition) is 0. The van der Waals surface area contributed by atoms with Crippen molar-refractivity contribution in [2.45, 2.75) is 31.6 Å². The van der Waals surface area contributed by atoms with Gasteiger partial charge in [0.25, 0.3) is 0 Å². The molecule has 1 unspecified atom stereocenters. The van der Waals surface area contributed by atoms with Crippen LogP contribution in [0.1, 0.15) is 48.6 Å². The maximum atomic E-state index is 2.49.